The van der Waals surface area contributed by atoms with E-state index in [1.54, 1.807) is 17.0 Å². The van der Waals surface area contributed by atoms with Crippen molar-refractivity contribution in [2.24, 2.45) is 5.73 Å². The Morgan fingerprint density at radius 1 is 1.43 bits per heavy atom. The fraction of sp³-hybridized carbons (Fsp3) is 0.533. The zero-order valence-corrected chi connectivity index (χ0v) is 12.2. The summed E-state index contributed by atoms with van der Waals surface area (Å²) in [6.07, 6.45) is -0.398. The van der Waals surface area contributed by atoms with Gasteiger partial charge in [0, 0.05) is 19.6 Å². The van der Waals surface area contributed by atoms with Crippen molar-refractivity contribution in [1.29, 1.82) is 0 Å². The maximum Gasteiger partial charge on any atom is 0.260 e. The van der Waals surface area contributed by atoms with Gasteiger partial charge in [0.25, 0.3) is 5.91 Å². The van der Waals surface area contributed by atoms with E-state index in [-0.39, 0.29) is 31.3 Å². The molecule has 1 saturated heterocycles. The molecule has 116 valence electrons. The molecule has 6 nitrogen and oxygen atoms in total. The molecule has 2 atom stereocenters. The van der Waals surface area contributed by atoms with Gasteiger partial charge in [-0.3, -0.25) is 4.79 Å². The van der Waals surface area contributed by atoms with Crippen LogP contribution in [0, 0.1) is 0 Å². The summed E-state index contributed by atoms with van der Waals surface area (Å²) in [4.78, 5) is 13.8. The number of carbonyl (C=O) groups is 1. The van der Waals surface area contributed by atoms with Gasteiger partial charge in [0.1, 0.15) is 5.75 Å². The summed E-state index contributed by atoms with van der Waals surface area (Å²) in [6.45, 7) is 3.17. The van der Waals surface area contributed by atoms with E-state index in [0.29, 0.717) is 25.4 Å². The summed E-state index contributed by atoms with van der Waals surface area (Å²) >= 11 is 0. The molecule has 1 aromatic rings. The molecule has 0 spiro atoms. The molecule has 0 aliphatic carbocycles. The summed E-state index contributed by atoms with van der Waals surface area (Å²) in [7, 11) is 0. The summed E-state index contributed by atoms with van der Waals surface area (Å²) in [5.74, 6) is 0.534. The van der Waals surface area contributed by atoms with Gasteiger partial charge in [-0.15, -0.1) is 0 Å². The van der Waals surface area contributed by atoms with Crippen LogP contribution >= 0.6 is 0 Å². The molecule has 0 aromatic heterocycles. The Bertz CT molecular complexity index is 463. The molecule has 1 heterocycles. The van der Waals surface area contributed by atoms with Gasteiger partial charge >= 0.3 is 0 Å². The fourth-order valence-electron chi connectivity index (χ4n) is 2.31. The largest absolute Gasteiger partial charge is 0.484 e. The molecule has 1 aliphatic rings. The molecule has 0 radical (unpaired) electrons. The van der Waals surface area contributed by atoms with Gasteiger partial charge in [0.2, 0.25) is 0 Å². The van der Waals surface area contributed by atoms with E-state index in [2.05, 4.69) is 0 Å². The van der Waals surface area contributed by atoms with Gasteiger partial charge in [-0.2, -0.15) is 0 Å². The molecule has 1 aliphatic heterocycles. The number of hydrogen-bond donors (Lipinski definition) is 2. The minimum atomic E-state index is -0.318. The second kappa shape index (κ2) is 7.40. The first kappa shape index (κ1) is 15.8. The van der Waals surface area contributed by atoms with Crippen molar-refractivity contribution in [2.45, 2.75) is 25.7 Å². The molecule has 1 aromatic carbocycles. The van der Waals surface area contributed by atoms with Crippen LogP contribution in [0.2, 0.25) is 0 Å². The predicted octanol–water partition coefficient (Wildman–Crippen LogP) is 0.132. The topological polar surface area (TPSA) is 85.0 Å². The van der Waals surface area contributed by atoms with Crippen LogP contribution in [0.25, 0.3) is 0 Å². The number of carbonyl (C=O) groups excluding carboxylic acids is 1. The zero-order valence-electron chi connectivity index (χ0n) is 12.2. The third-order valence-corrected chi connectivity index (χ3v) is 3.40. The van der Waals surface area contributed by atoms with Crippen molar-refractivity contribution in [3.63, 3.8) is 0 Å². The van der Waals surface area contributed by atoms with E-state index in [9.17, 15) is 4.79 Å². The molecule has 2 unspecified atom stereocenters. The Morgan fingerprint density at radius 2 is 2.14 bits per heavy atom. The lowest BCUT2D eigenvalue weighted by molar-refractivity contribution is -0.149. The number of rotatable bonds is 5. The van der Waals surface area contributed by atoms with E-state index in [1.807, 2.05) is 19.1 Å². The standard InChI is InChI=1S/C15H22N2O4/c1-11-7-17(8-14(9-18)21-11)15(19)10-20-13-4-2-12(6-16)3-5-13/h2-5,11,14,18H,6-10,16H2,1H3. The lowest BCUT2D eigenvalue weighted by atomic mass is 10.2. The van der Waals surface area contributed by atoms with E-state index in [0.717, 1.165) is 5.56 Å². The third kappa shape index (κ3) is 4.42. The van der Waals surface area contributed by atoms with Crippen molar-refractivity contribution < 1.29 is 19.4 Å². The molecule has 0 saturated carbocycles. The van der Waals surface area contributed by atoms with E-state index >= 15 is 0 Å². The highest BCUT2D eigenvalue weighted by atomic mass is 16.5. The Morgan fingerprint density at radius 3 is 2.76 bits per heavy atom. The van der Waals surface area contributed by atoms with Crippen molar-refractivity contribution in [2.75, 3.05) is 26.3 Å². The maximum atomic E-state index is 12.1. The molecule has 21 heavy (non-hydrogen) atoms. The van der Waals surface area contributed by atoms with Crippen LogP contribution in [-0.4, -0.2) is 54.4 Å². The van der Waals surface area contributed by atoms with Gasteiger partial charge in [0.05, 0.1) is 18.8 Å². The lowest BCUT2D eigenvalue weighted by Gasteiger charge is -2.36. The van der Waals surface area contributed by atoms with Gasteiger partial charge in [-0.1, -0.05) is 12.1 Å². The average molecular weight is 294 g/mol. The number of nitrogens with two attached hydrogens (primary N) is 1. The van der Waals surface area contributed by atoms with Crippen LogP contribution in [0.5, 0.6) is 5.75 Å². The first-order valence-electron chi connectivity index (χ1n) is 7.08. The van der Waals surface area contributed by atoms with E-state index < -0.39 is 0 Å². The van der Waals surface area contributed by atoms with Crippen LogP contribution in [0.4, 0.5) is 0 Å². The summed E-state index contributed by atoms with van der Waals surface area (Å²) in [5, 5.41) is 9.16. The van der Waals surface area contributed by atoms with Gasteiger partial charge in [-0.25, -0.2) is 0 Å². The second-order valence-electron chi connectivity index (χ2n) is 5.19. The molecule has 3 N–H and O–H groups in total. The molecule has 6 heteroatoms. The molecule has 1 amide bonds. The first-order chi connectivity index (χ1) is 10.1. The highest BCUT2D eigenvalue weighted by Gasteiger charge is 2.27. The maximum absolute atomic E-state index is 12.1. The van der Waals surface area contributed by atoms with E-state index in [4.69, 9.17) is 20.3 Å². The molecular weight excluding hydrogens is 272 g/mol. The minimum absolute atomic E-state index is 0.0210. The van der Waals surface area contributed by atoms with Crippen molar-refractivity contribution in [3.05, 3.63) is 29.8 Å². The second-order valence-corrected chi connectivity index (χ2v) is 5.19. The van der Waals surface area contributed by atoms with Crippen molar-refractivity contribution in [3.8, 4) is 5.75 Å². The number of hydrogen-bond acceptors (Lipinski definition) is 5. The van der Waals surface area contributed by atoms with Crippen LogP contribution in [0.3, 0.4) is 0 Å². The number of morpholine rings is 1. The average Bonchev–Trinajstić information content (AvgIpc) is 2.52. The number of benzene rings is 1. The van der Waals surface area contributed by atoms with Crippen molar-refractivity contribution in [1.82, 2.24) is 4.90 Å². The number of ether oxygens (including phenoxy) is 2. The van der Waals surface area contributed by atoms with Crippen LogP contribution < -0.4 is 10.5 Å². The van der Waals surface area contributed by atoms with Crippen molar-refractivity contribution >= 4 is 5.91 Å². The van der Waals surface area contributed by atoms with Crippen LogP contribution in [0.15, 0.2) is 24.3 Å². The van der Waals surface area contributed by atoms with Gasteiger partial charge in [-0.05, 0) is 24.6 Å². The Hall–Kier alpha value is -1.63. The Balaban J connectivity index is 1.85. The van der Waals surface area contributed by atoms with E-state index in [1.165, 1.54) is 0 Å². The summed E-state index contributed by atoms with van der Waals surface area (Å²) < 4.78 is 11.0. The van der Waals surface area contributed by atoms with Gasteiger partial charge in [0.15, 0.2) is 6.61 Å². The molecule has 1 fully saturated rings. The fourth-order valence-corrected chi connectivity index (χ4v) is 2.31. The number of nitrogens with zero attached hydrogens (tertiary/aromatic N) is 1. The predicted molar refractivity (Wildman–Crippen MR) is 77.8 cm³/mol. The number of aliphatic hydroxyl groups is 1. The number of aliphatic hydroxyl groups excluding tert-OH is 1. The number of amides is 1. The lowest BCUT2D eigenvalue weighted by Crippen LogP contribution is -2.51. The summed E-state index contributed by atoms with van der Waals surface area (Å²) in [5.41, 5.74) is 6.54. The van der Waals surface area contributed by atoms with Crippen LogP contribution in [0.1, 0.15) is 12.5 Å². The summed E-state index contributed by atoms with van der Waals surface area (Å²) in [6, 6.07) is 7.35. The third-order valence-electron chi connectivity index (χ3n) is 3.40. The Labute approximate surface area is 124 Å². The van der Waals surface area contributed by atoms with Gasteiger partial charge < -0.3 is 25.2 Å². The molecular formula is C15H22N2O4. The monoisotopic (exact) mass is 294 g/mol. The molecule has 0 bridgehead atoms. The highest BCUT2D eigenvalue weighted by Crippen LogP contribution is 2.14. The highest BCUT2D eigenvalue weighted by molar-refractivity contribution is 5.78. The minimum Gasteiger partial charge on any atom is -0.484 e. The SMILES string of the molecule is CC1CN(C(=O)COc2ccc(CN)cc2)CC(CO)O1. The normalized spacial score (nSPS) is 22.1. The Kier molecular flexibility index (Phi) is 5.55. The van der Waals surface area contributed by atoms with Crippen LogP contribution in [-0.2, 0) is 16.1 Å². The quantitative estimate of drug-likeness (QED) is 0.806. The zero-order chi connectivity index (χ0) is 15.2. The smallest absolute Gasteiger partial charge is 0.260 e. The molecule has 2 rings (SSSR count). The first-order valence-corrected chi connectivity index (χ1v) is 7.08.